The van der Waals surface area contributed by atoms with Crippen LogP contribution < -0.4 is 10.2 Å². The Morgan fingerprint density at radius 1 is 1.17 bits per heavy atom. The third-order valence-corrected chi connectivity index (χ3v) is 2.81. The van der Waals surface area contributed by atoms with Crippen molar-refractivity contribution in [3.05, 3.63) is 65.5 Å². The highest BCUT2D eigenvalue weighted by molar-refractivity contribution is 5.85. The van der Waals surface area contributed by atoms with Gasteiger partial charge in [0.05, 0.1) is 12.6 Å². The minimum absolute atomic E-state index is 0.0206. The van der Waals surface area contributed by atoms with Gasteiger partial charge in [0.25, 0.3) is 0 Å². The van der Waals surface area contributed by atoms with E-state index in [9.17, 15) is 18.0 Å². The van der Waals surface area contributed by atoms with Crippen molar-refractivity contribution in [2.45, 2.75) is 13.0 Å². The van der Waals surface area contributed by atoms with Crippen molar-refractivity contribution in [2.75, 3.05) is 0 Å². The molecule has 0 saturated heterocycles. The molecule has 0 unspecified atom stereocenters. The first-order valence-corrected chi connectivity index (χ1v) is 6.65. The molecule has 2 aromatic rings. The molecule has 2 rings (SSSR count). The summed E-state index contributed by atoms with van der Waals surface area (Å²) in [5, 5.41) is 3.70. The second-order valence-corrected chi connectivity index (χ2v) is 4.51. The van der Waals surface area contributed by atoms with E-state index in [0.717, 1.165) is 0 Å². The van der Waals surface area contributed by atoms with Crippen LogP contribution in [-0.2, 0) is 11.2 Å². The normalized spacial score (nSPS) is 11.0. The summed E-state index contributed by atoms with van der Waals surface area (Å²) in [5.74, 6) is -0.845. The third kappa shape index (κ3) is 5.46. The van der Waals surface area contributed by atoms with Crippen molar-refractivity contribution in [1.82, 2.24) is 5.43 Å². The lowest BCUT2D eigenvalue weighted by molar-refractivity contribution is -0.120. The van der Waals surface area contributed by atoms with Crippen molar-refractivity contribution in [1.29, 1.82) is 0 Å². The number of halogens is 3. The van der Waals surface area contributed by atoms with Crippen LogP contribution in [0.4, 0.5) is 13.2 Å². The van der Waals surface area contributed by atoms with Gasteiger partial charge in [0.2, 0.25) is 5.91 Å². The zero-order valence-corrected chi connectivity index (χ0v) is 11.9. The van der Waals surface area contributed by atoms with E-state index >= 15 is 0 Å². The minimum atomic E-state index is -2.95. The summed E-state index contributed by atoms with van der Waals surface area (Å²) in [5.41, 5.74) is 3.19. The van der Waals surface area contributed by atoms with Crippen molar-refractivity contribution in [2.24, 2.45) is 5.10 Å². The Hall–Kier alpha value is -2.83. The monoisotopic (exact) mass is 322 g/mol. The van der Waals surface area contributed by atoms with Gasteiger partial charge >= 0.3 is 6.61 Å². The molecular weight excluding hydrogens is 309 g/mol. The van der Waals surface area contributed by atoms with E-state index in [1.165, 1.54) is 42.6 Å². The molecule has 1 N–H and O–H groups in total. The van der Waals surface area contributed by atoms with Crippen LogP contribution in [0.25, 0.3) is 0 Å². The van der Waals surface area contributed by atoms with Crippen LogP contribution in [0.3, 0.4) is 0 Å². The first kappa shape index (κ1) is 16.5. The van der Waals surface area contributed by atoms with E-state index in [0.29, 0.717) is 11.1 Å². The van der Waals surface area contributed by atoms with Crippen molar-refractivity contribution < 1.29 is 22.7 Å². The van der Waals surface area contributed by atoms with Gasteiger partial charge in [-0.1, -0.05) is 24.3 Å². The number of rotatable bonds is 6. The molecule has 0 spiro atoms. The number of carbonyl (C=O) groups excluding carboxylic acids is 1. The Labute approximate surface area is 130 Å². The summed E-state index contributed by atoms with van der Waals surface area (Å²) in [7, 11) is 0. The van der Waals surface area contributed by atoms with Crippen LogP contribution in [0, 0.1) is 5.82 Å². The van der Waals surface area contributed by atoms with E-state index < -0.39 is 12.5 Å². The van der Waals surface area contributed by atoms with E-state index in [-0.39, 0.29) is 18.0 Å². The van der Waals surface area contributed by atoms with Crippen LogP contribution in [0.5, 0.6) is 5.75 Å². The van der Waals surface area contributed by atoms with Gasteiger partial charge in [-0.05, 0) is 29.8 Å². The SMILES string of the molecule is O=C(Cc1ccc(F)cc1)N/N=C\c1ccccc1OC(F)F. The molecule has 0 fully saturated rings. The number of ether oxygens (including phenoxy) is 1. The topological polar surface area (TPSA) is 50.7 Å². The average molecular weight is 322 g/mol. The fourth-order valence-electron chi connectivity index (χ4n) is 1.79. The fraction of sp³-hybridized carbons (Fsp3) is 0.125. The number of hydrazone groups is 1. The molecule has 0 heterocycles. The summed E-state index contributed by atoms with van der Waals surface area (Å²) in [6, 6.07) is 11.5. The van der Waals surface area contributed by atoms with E-state index in [2.05, 4.69) is 15.3 Å². The number of benzene rings is 2. The molecule has 0 atom stereocenters. The van der Waals surface area contributed by atoms with Crippen molar-refractivity contribution in [3.63, 3.8) is 0 Å². The first-order chi connectivity index (χ1) is 11.0. The number of hydrogen-bond acceptors (Lipinski definition) is 3. The largest absolute Gasteiger partial charge is 0.434 e. The second-order valence-electron chi connectivity index (χ2n) is 4.51. The van der Waals surface area contributed by atoms with Gasteiger partial charge < -0.3 is 4.74 Å². The van der Waals surface area contributed by atoms with Crippen molar-refractivity contribution >= 4 is 12.1 Å². The molecule has 4 nitrogen and oxygen atoms in total. The molecule has 0 bridgehead atoms. The minimum Gasteiger partial charge on any atom is -0.434 e. The van der Waals surface area contributed by atoms with Gasteiger partial charge in [-0.2, -0.15) is 13.9 Å². The summed E-state index contributed by atoms with van der Waals surface area (Å²) in [4.78, 5) is 11.7. The zero-order chi connectivity index (χ0) is 16.7. The van der Waals surface area contributed by atoms with Gasteiger partial charge in [-0.15, -0.1) is 0 Å². The maximum Gasteiger partial charge on any atom is 0.387 e. The van der Waals surface area contributed by atoms with E-state index in [1.807, 2.05) is 0 Å². The van der Waals surface area contributed by atoms with Crippen LogP contribution in [0.1, 0.15) is 11.1 Å². The van der Waals surface area contributed by atoms with Gasteiger partial charge in [0.15, 0.2) is 0 Å². The average Bonchev–Trinajstić information content (AvgIpc) is 2.51. The quantitative estimate of drug-likeness (QED) is 0.656. The third-order valence-electron chi connectivity index (χ3n) is 2.81. The molecule has 120 valence electrons. The van der Waals surface area contributed by atoms with E-state index in [1.54, 1.807) is 12.1 Å². The molecule has 0 saturated carbocycles. The molecule has 23 heavy (non-hydrogen) atoms. The standard InChI is InChI=1S/C16H13F3N2O2/c17-13-7-5-11(6-8-13)9-15(22)21-20-10-12-3-1-2-4-14(12)23-16(18)19/h1-8,10,16H,9H2,(H,21,22)/b20-10-. The fourth-order valence-corrected chi connectivity index (χ4v) is 1.79. The highest BCUT2D eigenvalue weighted by Gasteiger charge is 2.07. The maximum absolute atomic E-state index is 12.8. The summed E-state index contributed by atoms with van der Waals surface area (Å²) >= 11 is 0. The lowest BCUT2D eigenvalue weighted by Crippen LogP contribution is -2.19. The Kier molecular flexibility index (Phi) is 5.74. The summed E-state index contributed by atoms with van der Waals surface area (Å²) in [6.07, 6.45) is 1.23. The van der Waals surface area contributed by atoms with Crippen LogP contribution in [0.2, 0.25) is 0 Å². The van der Waals surface area contributed by atoms with Crippen LogP contribution >= 0.6 is 0 Å². The number of nitrogens with zero attached hydrogens (tertiary/aromatic N) is 1. The number of hydrogen-bond donors (Lipinski definition) is 1. The molecule has 2 aromatic carbocycles. The Morgan fingerprint density at radius 2 is 1.87 bits per heavy atom. The summed E-state index contributed by atoms with van der Waals surface area (Å²) < 4.78 is 41.6. The Bertz CT molecular complexity index is 688. The first-order valence-electron chi connectivity index (χ1n) is 6.65. The number of nitrogens with one attached hydrogen (secondary N) is 1. The van der Waals surface area contributed by atoms with Crippen LogP contribution in [-0.4, -0.2) is 18.7 Å². The molecule has 1 amide bonds. The predicted molar refractivity (Wildman–Crippen MR) is 78.9 cm³/mol. The molecule has 0 radical (unpaired) electrons. The molecule has 0 aliphatic carbocycles. The Balaban J connectivity index is 1.93. The lowest BCUT2D eigenvalue weighted by Gasteiger charge is -2.07. The predicted octanol–water partition coefficient (Wildman–Crippen LogP) is 3.12. The number of alkyl halides is 2. The molecule has 0 aromatic heterocycles. The van der Waals surface area contributed by atoms with Gasteiger partial charge in [0, 0.05) is 5.56 Å². The number of para-hydroxylation sites is 1. The Morgan fingerprint density at radius 3 is 2.57 bits per heavy atom. The maximum atomic E-state index is 12.8. The highest BCUT2D eigenvalue weighted by Crippen LogP contribution is 2.18. The molecule has 0 aliphatic heterocycles. The van der Waals surface area contributed by atoms with Crippen LogP contribution in [0.15, 0.2) is 53.6 Å². The molecular formula is C16H13F3N2O2. The molecule has 0 aliphatic rings. The highest BCUT2D eigenvalue weighted by atomic mass is 19.3. The van der Waals surface area contributed by atoms with Crippen molar-refractivity contribution in [3.8, 4) is 5.75 Å². The number of amides is 1. The molecule has 7 heteroatoms. The smallest absolute Gasteiger partial charge is 0.387 e. The summed E-state index contributed by atoms with van der Waals surface area (Å²) in [6.45, 7) is -2.95. The second kappa shape index (κ2) is 7.98. The van der Waals surface area contributed by atoms with Gasteiger partial charge in [0.1, 0.15) is 11.6 Å². The lowest BCUT2D eigenvalue weighted by atomic mass is 10.1. The van der Waals surface area contributed by atoms with Gasteiger partial charge in [-0.25, -0.2) is 9.82 Å². The number of carbonyl (C=O) groups is 1. The van der Waals surface area contributed by atoms with E-state index in [4.69, 9.17) is 0 Å². The zero-order valence-electron chi connectivity index (χ0n) is 11.9. The van der Waals surface area contributed by atoms with Gasteiger partial charge in [-0.3, -0.25) is 4.79 Å².